The Morgan fingerprint density at radius 2 is 1.90 bits per heavy atom. The summed E-state index contributed by atoms with van der Waals surface area (Å²) in [7, 11) is 0. The van der Waals surface area contributed by atoms with Crippen LogP contribution >= 0.6 is 0 Å². The summed E-state index contributed by atoms with van der Waals surface area (Å²) in [6.45, 7) is 4.31. The summed E-state index contributed by atoms with van der Waals surface area (Å²) in [6.07, 6.45) is 3.08. The monoisotopic (exact) mass is 406 g/mol. The van der Waals surface area contributed by atoms with E-state index in [1.165, 1.54) is 17.1 Å². The molecule has 0 radical (unpaired) electrons. The number of benzene rings is 1. The Morgan fingerprint density at radius 1 is 1.10 bits per heavy atom. The molecule has 1 aliphatic rings. The van der Waals surface area contributed by atoms with E-state index in [-0.39, 0.29) is 11.7 Å². The maximum absolute atomic E-state index is 14.0. The molecular weight excluding hydrogens is 387 g/mol. The minimum Gasteiger partial charge on any atom is -0.353 e. The number of para-hydroxylation sites is 1. The number of piperazine rings is 1. The summed E-state index contributed by atoms with van der Waals surface area (Å²) in [5.74, 6) is 0.912. The Morgan fingerprint density at radius 3 is 2.70 bits per heavy atom. The molecule has 1 amide bonds. The zero-order valence-electron chi connectivity index (χ0n) is 16.3. The molecule has 0 unspecified atom stereocenters. The molecule has 0 bridgehead atoms. The second-order valence-corrected chi connectivity index (χ2v) is 7.10. The summed E-state index contributed by atoms with van der Waals surface area (Å²) in [5.41, 5.74) is 1.47. The first kappa shape index (κ1) is 18.2. The second-order valence-electron chi connectivity index (χ2n) is 7.10. The van der Waals surface area contributed by atoms with Gasteiger partial charge in [-0.25, -0.2) is 14.1 Å². The number of carbonyl (C=O) groups excluding carboxylic acids is 1. The third-order valence-electron chi connectivity index (χ3n) is 5.16. The number of aromatic nitrogens is 6. The standard InChI is InChI=1S/C20H19FN8O/c1-14-12-18(29-20(24-14)22-13-23-29)26-8-10-27(11-9-26)19(30)16-6-7-28(25-16)17-5-3-2-4-15(17)21/h2-7,12-13H,8-11H2,1H3. The quantitative estimate of drug-likeness (QED) is 0.515. The van der Waals surface area contributed by atoms with E-state index in [1.807, 2.05) is 13.0 Å². The average Bonchev–Trinajstić information content (AvgIpc) is 3.43. The molecule has 3 aromatic heterocycles. The van der Waals surface area contributed by atoms with Crippen molar-refractivity contribution in [3.63, 3.8) is 0 Å². The summed E-state index contributed by atoms with van der Waals surface area (Å²) in [6, 6.07) is 9.92. The van der Waals surface area contributed by atoms with Crippen LogP contribution in [0.5, 0.6) is 0 Å². The van der Waals surface area contributed by atoms with Gasteiger partial charge in [0.1, 0.15) is 23.6 Å². The van der Waals surface area contributed by atoms with E-state index in [9.17, 15) is 9.18 Å². The summed E-state index contributed by atoms with van der Waals surface area (Å²) < 4.78 is 17.1. The summed E-state index contributed by atoms with van der Waals surface area (Å²) >= 11 is 0. The molecule has 1 aromatic carbocycles. The van der Waals surface area contributed by atoms with Crippen LogP contribution < -0.4 is 4.90 Å². The number of nitrogens with zero attached hydrogens (tertiary/aromatic N) is 8. The molecule has 1 aliphatic heterocycles. The molecule has 0 N–H and O–H groups in total. The molecule has 0 saturated carbocycles. The molecule has 152 valence electrons. The van der Waals surface area contributed by atoms with Crippen molar-refractivity contribution in [3.8, 4) is 5.69 Å². The molecule has 1 saturated heterocycles. The molecule has 9 nitrogen and oxygen atoms in total. The van der Waals surface area contributed by atoms with E-state index >= 15 is 0 Å². The van der Waals surface area contributed by atoms with Gasteiger partial charge >= 0.3 is 0 Å². The van der Waals surface area contributed by atoms with E-state index < -0.39 is 0 Å². The van der Waals surface area contributed by atoms with Crippen LogP contribution in [0, 0.1) is 12.7 Å². The molecule has 30 heavy (non-hydrogen) atoms. The van der Waals surface area contributed by atoms with E-state index in [2.05, 4.69) is 25.1 Å². The molecule has 4 heterocycles. The minimum atomic E-state index is -0.389. The molecule has 5 rings (SSSR count). The number of hydrogen-bond donors (Lipinski definition) is 0. The number of halogens is 1. The van der Waals surface area contributed by atoms with Crippen molar-refractivity contribution in [1.29, 1.82) is 0 Å². The highest BCUT2D eigenvalue weighted by Crippen LogP contribution is 2.19. The van der Waals surface area contributed by atoms with E-state index in [0.717, 1.165) is 11.5 Å². The number of amides is 1. The lowest BCUT2D eigenvalue weighted by Gasteiger charge is -2.35. The van der Waals surface area contributed by atoms with E-state index in [1.54, 1.807) is 39.9 Å². The van der Waals surface area contributed by atoms with Gasteiger partial charge in [0, 0.05) is 44.1 Å². The molecule has 0 atom stereocenters. The minimum absolute atomic E-state index is 0.165. The zero-order chi connectivity index (χ0) is 20.7. The van der Waals surface area contributed by atoms with Crippen LogP contribution in [0.4, 0.5) is 10.2 Å². The SMILES string of the molecule is Cc1cc(N2CCN(C(=O)c3ccn(-c4ccccc4F)n3)CC2)n2ncnc2n1. The molecule has 1 fully saturated rings. The first-order valence-corrected chi connectivity index (χ1v) is 9.62. The van der Waals surface area contributed by atoms with Crippen LogP contribution in [0.15, 0.2) is 48.9 Å². The highest BCUT2D eigenvalue weighted by Gasteiger charge is 2.25. The van der Waals surface area contributed by atoms with Crippen molar-refractivity contribution in [2.24, 2.45) is 0 Å². The van der Waals surface area contributed by atoms with Crippen LogP contribution in [0.25, 0.3) is 11.5 Å². The molecule has 0 spiro atoms. The summed E-state index contributed by atoms with van der Waals surface area (Å²) in [4.78, 5) is 25.4. The van der Waals surface area contributed by atoms with Gasteiger partial charge in [-0.15, -0.1) is 0 Å². The van der Waals surface area contributed by atoms with Crippen LogP contribution in [-0.2, 0) is 0 Å². The Hall–Kier alpha value is -3.82. The Balaban J connectivity index is 1.31. The highest BCUT2D eigenvalue weighted by molar-refractivity contribution is 5.92. The topological polar surface area (TPSA) is 84.5 Å². The van der Waals surface area contributed by atoms with Crippen LogP contribution in [-0.4, -0.2) is 66.3 Å². The predicted octanol–water partition coefficient (Wildman–Crippen LogP) is 1.72. The van der Waals surface area contributed by atoms with Crippen molar-refractivity contribution >= 4 is 17.5 Å². The molecule has 10 heteroatoms. The van der Waals surface area contributed by atoms with Crippen LogP contribution in [0.2, 0.25) is 0 Å². The summed E-state index contributed by atoms with van der Waals surface area (Å²) in [5, 5.41) is 8.53. The fourth-order valence-corrected chi connectivity index (χ4v) is 3.65. The first-order chi connectivity index (χ1) is 14.6. The molecule has 0 aliphatic carbocycles. The normalized spacial score (nSPS) is 14.5. The smallest absolute Gasteiger partial charge is 0.274 e. The van der Waals surface area contributed by atoms with Crippen molar-refractivity contribution in [1.82, 2.24) is 34.3 Å². The average molecular weight is 406 g/mol. The number of aryl methyl sites for hydroxylation is 1. The Kier molecular flexibility index (Phi) is 4.38. The number of fused-ring (bicyclic) bond motifs is 1. The third-order valence-corrected chi connectivity index (χ3v) is 5.16. The predicted molar refractivity (Wildman–Crippen MR) is 107 cm³/mol. The van der Waals surface area contributed by atoms with Crippen LogP contribution in [0.1, 0.15) is 16.2 Å². The van der Waals surface area contributed by atoms with E-state index in [0.29, 0.717) is 43.3 Å². The number of rotatable bonds is 3. The van der Waals surface area contributed by atoms with Gasteiger partial charge in [-0.1, -0.05) is 12.1 Å². The van der Waals surface area contributed by atoms with Gasteiger partial charge in [-0.05, 0) is 25.1 Å². The van der Waals surface area contributed by atoms with Crippen molar-refractivity contribution < 1.29 is 9.18 Å². The lowest BCUT2D eigenvalue weighted by Crippen LogP contribution is -2.49. The lowest BCUT2D eigenvalue weighted by atomic mass is 10.2. The fraction of sp³-hybridized carbons (Fsp3) is 0.250. The van der Waals surface area contributed by atoms with Gasteiger partial charge in [0.05, 0.1) is 0 Å². The number of hydrogen-bond acceptors (Lipinski definition) is 6. The van der Waals surface area contributed by atoms with Crippen LogP contribution in [0.3, 0.4) is 0 Å². The first-order valence-electron chi connectivity index (χ1n) is 9.62. The maximum Gasteiger partial charge on any atom is 0.274 e. The molecule has 4 aromatic rings. The Bertz CT molecular complexity index is 1220. The van der Waals surface area contributed by atoms with E-state index in [4.69, 9.17) is 0 Å². The van der Waals surface area contributed by atoms with Gasteiger partial charge in [-0.3, -0.25) is 4.79 Å². The van der Waals surface area contributed by atoms with Gasteiger partial charge in [-0.2, -0.15) is 19.7 Å². The Labute approximate surface area is 171 Å². The highest BCUT2D eigenvalue weighted by atomic mass is 19.1. The molecular formula is C20H19FN8O. The van der Waals surface area contributed by atoms with Gasteiger partial charge in [0.15, 0.2) is 5.69 Å². The van der Waals surface area contributed by atoms with Crippen molar-refractivity contribution in [3.05, 3.63) is 66.1 Å². The number of carbonyl (C=O) groups is 1. The van der Waals surface area contributed by atoms with Gasteiger partial charge < -0.3 is 9.80 Å². The second kappa shape index (κ2) is 7.21. The van der Waals surface area contributed by atoms with Crippen molar-refractivity contribution in [2.75, 3.05) is 31.1 Å². The largest absolute Gasteiger partial charge is 0.353 e. The van der Waals surface area contributed by atoms with Gasteiger partial charge in [0.25, 0.3) is 11.7 Å². The van der Waals surface area contributed by atoms with Crippen molar-refractivity contribution in [2.45, 2.75) is 6.92 Å². The zero-order valence-corrected chi connectivity index (χ0v) is 16.3. The fourth-order valence-electron chi connectivity index (χ4n) is 3.65. The number of anilines is 1. The lowest BCUT2D eigenvalue weighted by molar-refractivity contribution is 0.0740. The van der Waals surface area contributed by atoms with Gasteiger partial charge in [0.2, 0.25) is 0 Å². The maximum atomic E-state index is 14.0. The third kappa shape index (κ3) is 3.15.